The standard InChI is InChI=1S/C14H14BrNO2/c15-13-3-1-2-4-14(13)18-10-12(9-17)11-5-7-16-8-6-11/h1-8,12,17H,9-10H2. The Labute approximate surface area is 115 Å². The third-order valence-electron chi connectivity index (χ3n) is 2.67. The van der Waals surface area contributed by atoms with E-state index in [1.807, 2.05) is 36.4 Å². The SMILES string of the molecule is OCC(COc1ccccc1Br)c1ccncc1. The van der Waals surface area contributed by atoms with Gasteiger partial charge in [-0.05, 0) is 45.8 Å². The molecule has 0 aliphatic carbocycles. The van der Waals surface area contributed by atoms with E-state index >= 15 is 0 Å². The molecule has 3 nitrogen and oxygen atoms in total. The van der Waals surface area contributed by atoms with E-state index in [1.165, 1.54) is 0 Å². The summed E-state index contributed by atoms with van der Waals surface area (Å²) in [6.45, 7) is 0.484. The van der Waals surface area contributed by atoms with Gasteiger partial charge in [0, 0.05) is 18.3 Å². The van der Waals surface area contributed by atoms with Crippen molar-refractivity contribution >= 4 is 15.9 Å². The normalized spacial score (nSPS) is 12.1. The average Bonchev–Trinajstić information content (AvgIpc) is 2.42. The van der Waals surface area contributed by atoms with Crippen LogP contribution in [0.3, 0.4) is 0 Å². The lowest BCUT2D eigenvalue weighted by molar-refractivity contribution is 0.204. The molecule has 2 rings (SSSR count). The van der Waals surface area contributed by atoms with Crippen LogP contribution >= 0.6 is 15.9 Å². The topological polar surface area (TPSA) is 42.4 Å². The second-order valence-electron chi connectivity index (χ2n) is 3.90. The zero-order valence-electron chi connectivity index (χ0n) is 9.79. The number of hydrogen-bond acceptors (Lipinski definition) is 3. The van der Waals surface area contributed by atoms with Crippen molar-refractivity contribution in [1.29, 1.82) is 0 Å². The molecular formula is C14H14BrNO2. The maximum absolute atomic E-state index is 9.41. The molecule has 1 atom stereocenters. The first-order valence-electron chi connectivity index (χ1n) is 5.69. The van der Waals surface area contributed by atoms with Crippen LogP contribution in [0.5, 0.6) is 5.75 Å². The van der Waals surface area contributed by atoms with Crippen molar-refractivity contribution in [3.63, 3.8) is 0 Å². The first-order chi connectivity index (χ1) is 8.81. The van der Waals surface area contributed by atoms with Gasteiger partial charge in [0.2, 0.25) is 0 Å². The Morgan fingerprint density at radius 2 is 1.89 bits per heavy atom. The Balaban J connectivity index is 2.02. The van der Waals surface area contributed by atoms with Crippen molar-refractivity contribution in [2.75, 3.05) is 13.2 Å². The molecule has 94 valence electrons. The second kappa shape index (κ2) is 6.52. The highest BCUT2D eigenvalue weighted by Crippen LogP contribution is 2.25. The summed E-state index contributed by atoms with van der Waals surface area (Å²) in [4.78, 5) is 3.96. The predicted molar refractivity (Wildman–Crippen MR) is 73.7 cm³/mol. The van der Waals surface area contributed by atoms with Gasteiger partial charge >= 0.3 is 0 Å². The molecule has 1 aromatic heterocycles. The monoisotopic (exact) mass is 307 g/mol. The molecule has 1 unspecified atom stereocenters. The number of aliphatic hydroxyl groups excluding tert-OH is 1. The Morgan fingerprint density at radius 3 is 2.56 bits per heavy atom. The summed E-state index contributed by atoms with van der Waals surface area (Å²) in [5, 5.41) is 9.41. The summed E-state index contributed by atoms with van der Waals surface area (Å²) in [6.07, 6.45) is 3.44. The fourth-order valence-corrected chi connectivity index (χ4v) is 2.04. The lowest BCUT2D eigenvalue weighted by Crippen LogP contribution is -2.14. The number of halogens is 1. The molecule has 0 fully saturated rings. The quantitative estimate of drug-likeness (QED) is 0.923. The van der Waals surface area contributed by atoms with Gasteiger partial charge in [0.05, 0.1) is 17.7 Å². The number of ether oxygens (including phenoxy) is 1. The number of aliphatic hydroxyl groups is 1. The van der Waals surface area contributed by atoms with E-state index in [0.29, 0.717) is 6.61 Å². The summed E-state index contributed by atoms with van der Waals surface area (Å²) in [7, 11) is 0. The van der Waals surface area contributed by atoms with Gasteiger partial charge in [-0.15, -0.1) is 0 Å². The number of rotatable bonds is 5. The molecule has 18 heavy (non-hydrogen) atoms. The maximum atomic E-state index is 9.41. The molecular weight excluding hydrogens is 294 g/mol. The number of hydrogen-bond donors (Lipinski definition) is 1. The lowest BCUT2D eigenvalue weighted by Gasteiger charge is -2.16. The van der Waals surface area contributed by atoms with Crippen LogP contribution in [0.2, 0.25) is 0 Å². The van der Waals surface area contributed by atoms with Gasteiger partial charge in [-0.1, -0.05) is 12.1 Å². The van der Waals surface area contributed by atoms with Crippen molar-refractivity contribution in [3.05, 3.63) is 58.8 Å². The Hall–Kier alpha value is -1.39. The van der Waals surface area contributed by atoms with Crippen LogP contribution in [0.15, 0.2) is 53.3 Å². The van der Waals surface area contributed by atoms with Crippen LogP contribution in [0.4, 0.5) is 0 Å². The molecule has 0 amide bonds. The summed E-state index contributed by atoms with van der Waals surface area (Å²) >= 11 is 3.43. The number of para-hydroxylation sites is 1. The van der Waals surface area contributed by atoms with Gasteiger partial charge in [-0.25, -0.2) is 0 Å². The van der Waals surface area contributed by atoms with Gasteiger partial charge < -0.3 is 9.84 Å². The van der Waals surface area contributed by atoms with E-state index in [2.05, 4.69) is 20.9 Å². The first-order valence-corrected chi connectivity index (χ1v) is 6.48. The van der Waals surface area contributed by atoms with Crippen LogP contribution in [0, 0.1) is 0 Å². The highest BCUT2D eigenvalue weighted by atomic mass is 79.9. The molecule has 0 saturated heterocycles. The van der Waals surface area contributed by atoms with Crippen LogP contribution < -0.4 is 4.74 Å². The zero-order chi connectivity index (χ0) is 12.8. The molecule has 0 radical (unpaired) electrons. The van der Waals surface area contributed by atoms with Crippen LogP contribution in [0.25, 0.3) is 0 Å². The lowest BCUT2D eigenvalue weighted by atomic mass is 10.0. The highest BCUT2D eigenvalue weighted by molar-refractivity contribution is 9.10. The molecule has 0 aliphatic rings. The minimum atomic E-state index is -0.0416. The smallest absolute Gasteiger partial charge is 0.133 e. The predicted octanol–water partition coefficient (Wildman–Crippen LogP) is 3.00. The van der Waals surface area contributed by atoms with Gasteiger partial charge in [-0.2, -0.15) is 0 Å². The van der Waals surface area contributed by atoms with Crippen molar-refractivity contribution in [2.24, 2.45) is 0 Å². The Kier molecular flexibility index (Phi) is 4.73. The molecule has 0 saturated carbocycles. The number of pyridine rings is 1. The Bertz CT molecular complexity index is 490. The van der Waals surface area contributed by atoms with Gasteiger partial charge in [-0.3, -0.25) is 4.98 Å². The van der Waals surface area contributed by atoms with E-state index in [0.717, 1.165) is 15.8 Å². The third kappa shape index (κ3) is 3.31. The van der Waals surface area contributed by atoms with Crippen molar-refractivity contribution < 1.29 is 9.84 Å². The van der Waals surface area contributed by atoms with Crippen molar-refractivity contribution in [1.82, 2.24) is 4.98 Å². The first kappa shape index (κ1) is 13.1. The van der Waals surface area contributed by atoms with E-state index in [-0.39, 0.29) is 12.5 Å². The third-order valence-corrected chi connectivity index (χ3v) is 3.33. The van der Waals surface area contributed by atoms with E-state index < -0.39 is 0 Å². The molecule has 1 heterocycles. The molecule has 1 N–H and O–H groups in total. The summed E-state index contributed by atoms with van der Waals surface area (Å²) in [5.41, 5.74) is 1.03. The van der Waals surface area contributed by atoms with Crippen LogP contribution in [-0.2, 0) is 0 Å². The Morgan fingerprint density at radius 1 is 1.17 bits per heavy atom. The van der Waals surface area contributed by atoms with E-state index in [4.69, 9.17) is 4.74 Å². The number of benzene rings is 1. The van der Waals surface area contributed by atoms with Gasteiger partial charge in [0.1, 0.15) is 5.75 Å². The molecule has 2 aromatic rings. The summed E-state index contributed by atoms with van der Waals surface area (Å²) < 4.78 is 6.63. The van der Waals surface area contributed by atoms with Gasteiger partial charge in [0.25, 0.3) is 0 Å². The fourth-order valence-electron chi connectivity index (χ4n) is 1.64. The van der Waals surface area contributed by atoms with Gasteiger partial charge in [0.15, 0.2) is 0 Å². The van der Waals surface area contributed by atoms with Crippen molar-refractivity contribution in [2.45, 2.75) is 5.92 Å². The second-order valence-corrected chi connectivity index (χ2v) is 4.76. The molecule has 4 heteroatoms. The molecule has 0 spiro atoms. The average molecular weight is 308 g/mol. The van der Waals surface area contributed by atoms with E-state index in [1.54, 1.807) is 12.4 Å². The highest BCUT2D eigenvalue weighted by Gasteiger charge is 2.11. The summed E-state index contributed by atoms with van der Waals surface area (Å²) in [5.74, 6) is 0.741. The fraction of sp³-hybridized carbons (Fsp3) is 0.214. The van der Waals surface area contributed by atoms with Crippen LogP contribution in [-0.4, -0.2) is 23.3 Å². The molecule has 0 bridgehead atoms. The van der Waals surface area contributed by atoms with E-state index in [9.17, 15) is 5.11 Å². The molecule has 1 aromatic carbocycles. The van der Waals surface area contributed by atoms with Crippen molar-refractivity contribution in [3.8, 4) is 5.75 Å². The zero-order valence-corrected chi connectivity index (χ0v) is 11.4. The largest absolute Gasteiger partial charge is 0.492 e. The number of nitrogens with zero attached hydrogens (tertiary/aromatic N) is 1. The maximum Gasteiger partial charge on any atom is 0.133 e. The minimum Gasteiger partial charge on any atom is -0.492 e. The molecule has 0 aliphatic heterocycles. The number of aromatic nitrogens is 1. The minimum absolute atomic E-state index is 0.0416. The summed E-state index contributed by atoms with van der Waals surface area (Å²) in [6, 6.07) is 11.5. The van der Waals surface area contributed by atoms with Crippen LogP contribution in [0.1, 0.15) is 11.5 Å².